The molecule has 1 fully saturated rings. The first-order valence-electron chi connectivity index (χ1n) is 7.92. The normalized spacial score (nSPS) is 18.4. The molecular formula is C18H22FN3. The monoisotopic (exact) mass is 299 g/mol. The van der Waals surface area contributed by atoms with Crippen LogP contribution < -0.4 is 5.32 Å². The maximum atomic E-state index is 13.0. The highest BCUT2D eigenvalue weighted by atomic mass is 19.1. The molecule has 22 heavy (non-hydrogen) atoms. The molecular weight excluding hydrogens is 277 g/mol. The highest BCUT2D eigenvalue weighted by Crippen LogP contribution is 2.27. The van der Waals surface area contributed by atoms with Gasteiger partial charge in [0.25, 0.3) is 0 Å². The van der Waals surface area contributed by atoms with E-state index in [0.717, 1.165) is 35.9 Å². The van der Waals surface area contributed by atoms with Gasteiger partial charge >= 0.3 is 0 Å². The fourth-order valence-corrected chi connectivity index (χ4v) is 3.35. The molecule has 1 aliphatic rings. The third-order valence-corrected chi connectivity index (χ3v) is 4.35. The van der Waals surface area contributed by atoms with Gasteiger partial charge < -0.3 is 5.32 Å². The number of aromatic nitrogens is 2. The summed E-state index contributed by atoms with van der Waals surface area (Å²) in [5, 5.41) is 3.46. The molecule has 4 heteroatoms. The molecule has 3 rings (SSSR count). The molecule has 1 aliphatic heterocycles. The second-order valence-electron chi connectivity index (χ2n) is 6.07. The summed E-state index contributed by atoms with van der Waals surface area (Å²) < 4.78 is 13.0. The number of piperidine rings is 1. The summed E-state index contributed by atoms with van der Waals surface area (Å²) in [6, 6.07) is 6.55. The fraction of sp³-hybridized carbons (Fsp3) is 0.444. The average molecular weight is 299 g/mol. The summed E-state index contributed by atoms with van der Waals surface area (Å²) in [7, 11) is 0. The minimum absolute atomic E-state index is 0.211. The number of hydrogen-bond acceptors (Lipinski definition) is 3. The van der Waals surface area contributed by atoms with Gasteiger partial charge in [-0.2, -0.15) is 0 Å². The second kappa shape index (κ2) is 6.53. The lowest BCUT2D eigenvalue weighted by atomic mass is 9.89. The average Bonchev–Trinajstić information content (AvgIpc) is 2.50. The zero-order valence-electron chi connectivity index (χ0n) is 13.2. The van der Waals surface area contributed by atoms with Crippen molar-refractivity contribution in [2.24, 2.45) is 0 Å². The highest BCUT2D eigenvalue weighted by Gasteiger charge is 2.21. The van der Waals surface area contributed by atoms with Crippen LogP contribution in [0.4, 0.5) is 4.39 Å². The van der Waals surface area contributed by atoms with Crippen molar-refractivity contribution in [3.05, 3.63) is 58.4 Å². The van der Waals surface area contributed by atoms with Crippen LogP contribution >= 0.6 is 0 Å². The largest absolute Gasteiger partial charge is 0.316 e. The lowest BCUT2D eigenvalue weighted by Gasteiger charge is -2.25. The molecule has 1 saturated heterocycles. The maximum absolute atomic E-state index is 13.0. The Morgan fingerprint density at radius 2 is 1.82 bits per heavy atom. The second-order valence-corrected chi connectivity index (χ2v) is 6.07. The summed E-state index contributed by atoms with van der Waals surface area (Å²) in [6.07, 6.45) is 3.06. The topological polar surface area (TPSA) is 37.8 Å². The molecule has 0 bridgehead atoms. The van der Waals surface area contributed by atoms with Crippen LogP contribution in [-0.4, -0.2) is 23.1 Å². The first kappa shape index (κ1) is 15.1. The predicted molar refractivity (Wildman–Crippen MR) is 85.6 cm³/mol. The van der Waals surface area contributed by atoms with E-state index in [9.17, 15) is 4.39 Å². The number of nitrogens with one attached hydrogen (secondary N) is 1. The molecule has 0 saturated carbocycles. The van der Waals surface area contributed by atoms with Gasteiger partial charge in [0, 0.05) is 24.4 Å². The minimum Gasteiger partial charge on any atom is -0.316 e. The Balaban J connectivity index is 1.83. The van der Waals surface area contributed by atoms with Crippen molar-refractivity contribution < 1.29 is 4.39 Å². The highest BCUT2D eigenvalue weighted by molar-refractivity contribution is 5.30. The van der Waals surface area contributed by atoms with Crippen LogP contribution in [0.3, 0.4) is 0 Å². The van der Waals surface area contributed by atoms with Crippen LogP contribution in [0, 0.1) is 19.7 Å². The molecule has 2 heterocycles. The van der Waals surface area contributed by atoms with Gasteiger partial charge in [0.15, 0.2) is 0 Å². The lowest BCUT2D eigenvalue weighted by Crippen LogP contribution is -2.29. The van der Waals surface area contributed by atoms with Gasteiger partial charge in [0.2, 0.25) is 0 Å². The van der Waals surface area contributed by atoms with Gasteiger partial charge in [-0.15, -0.1) is 0 Å². The van der Waals surface area contributed by atoms with Crippen LogP contribution in [0.2, 0.25) is 0 Å². The molecule has 2 aromatic rings. The summed E-state index contributed by atoms with van der Waals surface area (Å²) in [6.45, 7) is 6.28. The van der Waals surface area contributed by atoms with Gasteiger partial charge in [-0.3, -0.25) is 0 Å². The van der Waals surface area contributed by atoms with E-state index in [1.807, 2.05) is 0 Å². The van der Waals surface area contributed by atoms with Crippen molar-refractivity contribution >= 4 is 0 Å². The molecule has 1 aromatic carbocycles. The van der Waals surface area contributed by atoms with Crippen molar-refractivity contribution in [1.82, 2.24) is 15.3 Å². The van der Waals surface area contributed by atoms with E-state index < -0.39 is 0 Å². The predicted octanol–water partition coefficient (Wildman–Crippen LogP) is 3.29. The third kappa shape index (κ3) is 3.33. The minimum atomic E-state index is -0.211. The van der Waals surface area contributed by atoms with Gasteiger partial charge in [-0.25, -0.2) is 14.4 Å². The molecule has 1 N–H and O–H groups in total. The van der Waals surface area contributed by atoms with Gasteiger partial charge in [-0.1, -0.05) is 12.1 Å². The number of hydrogen-bond donors (Lipinski definition) is 1. The molecule has 1 unspecified atom stereocenters. The SMILES string of the molecule is Cc1nc(Cc2ccc(F)cc2)nc(C)c1C1CCCNC1. The lowest BCUT2D eigenvalue weighted by molar-refractivity contribution is 0.456. The molecule has 0 amide bonds. The van der Waals surface area contributed by atoms with E-state index >= 15 is 0 Å². The van der Waals surface area contributed by atoms with Gasteiger partial charge in [-0.05, 0) is 62.4 Å². The summed E-state index contributed by atoms with van der Waals surface area (Å²) in [4.78, 5) is 9.39. The van der Waals surface area contributed by atoms with E-state index in [2.05, 4.69) is 19.2 Å². The van der Waals surface area contributed by atoms with Crippen molar-refractivity contribution in [3.8, 4) is 0 Å². The first-order valence-corrected chi connectivity index (χ1v) is 7.92. The summed E-state index contributed by atoms with van der Waals surface area (Å²) >= 11 is 0. The Hall–Kier alpha value is -1.81. The quantitative estimate of drug-likeness (QED) is 0.945. The van der Waals surface area contributed by atoms with Crippen LogP contribution in [0.25, 0.3) is 0 Å². The molecule has 0 spiro atoms. The number of benzene rings is 1. The Bertz CT molecular complexity index is 623. The van der Waals surface area contributed by atoms with Crippen molar-refractivity contribution in [3.63, 3.8) is 0 Å². The van der Waals surface area contributed by atoms with E-state index in [1.165, 1.54) is 30.5 Å². The Labute approximate surface area is 131 Å². The molecule has 3 nitrogen and oxygen atoms in total. The van der Waals surface area contributed by atoms with Crippen LogP contribution in [0.15, 0.2) is 24.3 Å². The van der Waals surface area contributed by atoms with Crippen LogP contribution in [0.1, 0.15) is 47.1 Å². The van der Waals surface area contributed by atoms with Crippen molar-refractivity contribution in [2.75, 3.05) is 13.1 Å². The standard InChI is InChI=1S/C18H22FN3/c1-12-18(15-4-3-9-20-11-15)13(2)22-17(21-12)10-14-5-7-16(19)8-6-14/h5-8,15,20H,3-4,9-11H2,1-2H3. The van der Waals surface area contributed by atoms with E-state index in [0.29, 0.717) is 12.3 Å². The van der Waals surface area contributed by atoms with Gasteiger partial charge in [0.1, 0.15) is 11.6 Å². The Morgan fingerprint density at radius 3 is 2.41 bits per heavy atom. The third-order valence-electron chi connectivity index (χ3n) is 4.35. The number of halogens is 1. The van der Waals surface area contributed by atoms with E-state index in [1.54, 1.807) is 12.1 Å². The first-order chi connectivity index (χ1) is 10.6. The van der Waals surface area contributed by atoms with E-state index in [4.69, 9.17) is 9.97 Å². The molecule has 1 atom stereocenters. The summed E-state index contributed by atoms with van der Waals surface area (Å²) in [5.74, 6) is 1.12. The van der Waals surface area contributed by atoms with Crippen LogP contribution in [0.5, 0.6) is 0 Å². The molecule has 0 radical (unpaired) electrons. The fourth-order valence-electron chi connectivity index (χ4n) is 3.35. The zero-order valence-corrected chi connectivity index (χ0v) is 13.2. The molecule has 1 aromatic heterocycles. The molecule has 0 aliphatic carbocycles. The van der Waals surface area contributed by atoms with Gasteiger partial charge in [0.05, 0.1) is 0 Å². The summed E-state index contributed by atoms with van der Waals surface area (Å²) in [5.41, 5.74) is 4.50. The number of rotatable bonds is 3. The van der Waals surface area contributed by atoms with Crippen molar-refractivity contribution in [2.45, 2.75) is 39.0 Å². The maximum Gasteiger partial charge on any atom is 0.133 e. The van der Waals surface area contributed by atoms with E-state index in [-0.39, 0.29) is 5.82 Å². The number of nitrogens with zero attached hydrogens (tertiary/aromatic N) is 2. The zero-order chi connectivity index (χ0) is 15.5. The van der Waals surface area contributed by atoms with Crippen molar-refractivity contribution in [1.29, 1.82) is 0 Å². The Kier molecular flexibility index (Phi) is 4.48. The molecule has 116 valence electrons. The number of aryl methyl sites for hydroxylation is 2. The smallest absolute Gasteiger partial charge is 0.133 e. The van der Waals surface area contributed by atoms with Crippen LogP contribution in [-0.2, 0) is 6.42 Å². The Morgan fingerprint density at radius 1 is 1.14 bits per heavy atom.